The average molecular weight is 529 g/mol. The van der Waals surface area contributed by atoms with Gasteiger partial charge in [-0.05, 0) is 47.6 Å². The molecule has 0 radical (unpaired) electrons. The van der Waals surface area contributed by atoms with Gasteiger partial charge in [-0.2, -0.15) is 12.1 Å². The Hall–Kier alpha value is -0.660. The largest absolute Gasteiger partial charge is 0.163 e. The fraction of sp³-hybridized carbons (Fsp3) is 0.308. The maximum atomic E-state index is 6.10. The van der Waals surface area contributed by atoms with E-state index in [1.165, 1.54) is 58.4 Å². The summed E-state index contributed by atoms with van der Waals surface area (Å²) in [4.78, 5) is 0. The Labute approximate surface area is 204 Å². The van der Waals surface area contributed by atoms with Gasteiger partial charge in [0.15, 0.2) is 0 Å². The van der Waals surface area contributed by atoms with E-state index < -0.39 is 0 Å². The molecule has 0 nitrogen and oxygen atoms in total. The third-order valence-corrected chi connectivity index (χ3v) is 6.20. The molecule has 0 N–H and O–H groups in total. The molecule has 0 aromatic heterocycles. The summed E-state index contributed by atoms with van der Waals surface area (Å²) < 4.78 is 0. The zero-order chi connectivity index (χ0) is 21.3. The normalized spacial score (nSPS) is 15.4. The van der Waals surface area contributed by atoms with Crippen LogP contribution in [0.5, 0.6) is 0 Å². The van der Waals surface area contributed by atoms with Crippen LogP contribution in [0.2, 0.25) is 23.1 Å². The van der Waals surface area contributed by atoms with Crippen molar-refractivity contribution < 1.29 is 23.3 Å². The van der Waals surface area contributed by atoms with Crippen molar-refractivity contribution in [3.8, 4) is 0 Å². The van der Waals surface area contributed by atoms with Gasteiger partial charge in [-0.15, -0.1) is 69.1 Å². The van der Waals surface area contributed by atoms with Gasteiger partial charge in [0.05, 0.1) is 0 Å². The summed E-state index contributed by atoms with van der Waals surface area (Å²) in [5.74, 6) is 1.65. The molecule has 0 unspecified atom stereocenters. The second kappa shape index (κ2) is 9.86. The number of halogens is 2. The van der Waals surface area contributed by atoms with Gasteiger partial charge in [0, 0.05) is 0 Å². The fourth-order valence-corrected chi connectivity index (χ4v) is 4.22. The van der Waals surface area contributed by atoms with Crippen molar-refractivity contribution in [2.24, 2.45) is 0 Å². The first-order valence-electron chi connectivity index (χ1n) is 10.6. The van der Waals surface area contributed by atoms with Gasteiger partial charge in [-0.25, -0.2) is 0 Å². The van der Waals surface area contributed by atoms with E-state index in [0.29, 0.717) is 0 Å². The van der Waals surface area contributed by atoms with Crippen molar-refractivity contribution in [1.29, 1.82) is 0 Å². The van der Waals surface area contributed by atoms with Crippen LogP contribution < -0.4 is 0 Å². The molecule has 0 amide bonds. The maximum absolute atomic E-state index is 6.10. The SMILES string of the molecule is C[Si](C)=[Zr+2].Clc1cccc2[cH-]c(C3CC3)cc12.Clc1cccc2[cH-]c(C3CC3)cc12. The van der Waals surface area contributed by atoms with Crippen LogP contribution in [0.15, 0.2) is 60.7 Å². The van der Waals surface area contributed by atoms with Crippen LogP contribution in [0.4, 0.5) is 0 Å². The number of fused-ring (bicyclic) bond motifs is 2. The summed E-state index contributed by atoms with van der Waals surface area (Å²) in [5.41, 5.74) is 3.16. The minimum Gasteiger partial charge on any atom is -0.163 e. The van der Waals surface area contributed by atoms with E-state index in [2.05, 4.69) is 49.5 Å². The Morgan fingerprint density at radius 2 is 1.13 bits per heavy atom. The maximum Gasteiger partial charge on any atom is -0.00300 e. The molecular formula is C26H26Cl2SiZr. The Balaban J connectivity index is 0.000000124. The van der Waals surface area contributed by atoms with Crippen LogP contribution >= 0.6 is 23.2 Å². The van der Waals surface area contributed by atoms with Crippen LogP contribution in [-0.2, 0) is 23.3 Å². The van der Waals surface area contributed by atoms with E-state index in [1.54, 1.807) is 23.3 Å². The molecule has 2 saturated carbocycles. The van der Waals surface area contributed by atoms with Gasteiger partial charge in [0.25, 0.3) is 0 Å². The zero-order valence-electron chi connectivity index (χ0n) is 17.5. The molecule has 6 rings (SSSR count). The number of benzene rings is 2. The molecule has 4 heteroatoms. The fourth-order valence-electron chi connectivity index (χ4n) is 3.74. The van der Waals surface area contributed by atoms with Crippen LogP contribution in [0.1, 0.15) is 48.6 Å². The van der Waals surface area contributed by atoms with Crippen molar-refractivity contribution in [2.75, 3.05) is 0 Å². The summed E-state index contributed by atoms with van der Waals surface area (Å²) >= 11 is 13.9. The van der Waals surface area contributed by atoms with Crippen molar-refractivity contribution in [2.45, 2.75) is 50.6 Å². The Bertz CT molecular complexity index is 1090. The van der Waals surface area contributed by atoms with Crippen molar-refractivity contribution in [1.82, 2.24) is 0 Å². The Morgan fingerprint density at radius 1 is 0.767 bits per heavy atom. The molecular weight excluding hydrogens is 503 g/mol. The molecule has 0 atom stereocenters. The van der Waals surface area contributed by atoms with Crippen molar-refractivity contribution >= 4 is 50.2 Å². The molecule has 0 heterocycles. The van der Waals surface area contributed by atoms with Crippen molar-refractivity contribution in [3.05, 3.63) is 81.8 Å². The van der Waals surface area contributed by atoms with Gasteiger partial charge in [0.1, 0.15) is 0 Å². The molecule has 4 aromatic rings. The molecule has 152 valence electrons. The predicted molar refractivity (Wildman–Crippen MR) is 131 cm³/mol. The smallest absolute Gasteiger partial charge is 0.00300 e. The van der Waals surface area contributed by atoms with Gasteiger partial charge >= 0.3 is 41.9 Å². The molecule has 2 aliphatic rings. The summed E-state index contributed by atoms with van der Waals surface area (Å²) in [6.45, 7) is 4.62. The standard InChI is InChI=1S/2C12H10Cl.C2H6Si.Zr/c2*13-12-3-1-2-9-6-10(7-11(9)12)8-4-5-8;1-3-2;/h2*1-3,6-8H,4-5H2;1-2H3;/q2*-1;;+2. The van der Waals surface area contributed by atoms with Gasteiger partial charge in [-0.3, -0.25) is 0 Å². The molecule has 0 spiro atoms. The number of hydrogen-bond acceptors (Lipinski definition) is 0. The van der Waals surface area contributed by atoms with Gasteiger partial charge in [-0.1, -0.05) is 35.3 Å². The van der Waals surface area contributed by atoms with E-state index in [4.69, 9.17) is 23.2 Å². The van der Waals surface area contributed by atoms with Gasteiger partial charge < -0.3 is 0 Å². The molecule has 0 bridgehead atoms. The van der Waals surface area contributed by atoms with E-state index >= 15 is 0 Å². The molecule has 30 heavy (non-hydrogen) atoms. The van der Waals surface area contributed by atoms with Crippen LogP contribution in [0.3, 0.4) is 0 Å². The monoisotopic (exact) mass is 526 g/mol. The van der Waals surface area contributed by atoms with Crippen LogP contribution in [0, 0.1) is 0 Å². The van der Waals surface area contributed by atoms with E-state index in [9.17, 15) is 0 Å². The minimum absolute atomic E-state index is 0.210. The minimum atomic E-state index is 0.210. The molecule has 0 saturated heterocycles. The summed E-state index contributed by atoms with van der Waals surface area (Å²) in [6.07, 6.45) is 5.42. The summed E-state index contributed by atoms with van der Waals surface area (Å²) in [5, 5.41) is 6.76. The first kappa shape index (κ1) is 22.5. The molecule has 4 aromatic carbocycles. The molecule has 2 fully saturated rings. The summed E-state index contributed by atoms with van der Waals surface area (Å²) in [7, 11) is 0. The first-order chi connectivity index (χ1) is 14.4. The van der Waals surface area contributed by atoms with E-state index in [1.807, 2.05) is 24.3 Å². The molecule has 0 aliphatic heterocycles. The van der Waals surface area contributed by atoms with Crippen molar-refractivity contribution in [3.63, 3.8) is 0 Å². The topological polar surface area (TPSA) is 0 Å². The Morgan fingerprint density at radius 3 is 1.43 bits per heavy atom. The quantitative estimate of drug-likeness (QED) is 0.180. The first-order valence-corrected chi connectivity index (χ1v) is 17.6. The van der Waals surface area contributed by atoms with E-state index in [0.717, 1.165) is 21.9 Å². The number of hydrogen-bond donors (Lipinski definition) is 0. The zero-order valence-corrected chi connectivity index (χ0v) is 22.5. The summed E-state index contributed by atoms with van der Waals surface area (Å²) in [6, 6.07) is 21.3. The predicted octanol–water partition coefficient (Wildman–Crippen LogP) is 8.96. The third kappa shape index (κ3) is 5.77. The van der Waals surface area contributed by atoms with Crippen LogP contribution in [0.25, 0.3) is 21.5 Å². The third-order valence-electron chi connectivity index (χ3n) is 5.54. The number of rotatable bonds is 2. The Kier molecular flexibility index (Phi) is 7.41. The average Bonchev–Trinajstić information content (AvgIpc) is 3.63. The van der Waals surface area contributed by atoms with Gasteiger partial charge in [0.2, 0.25) is 0 Å². The second-order valence-corrected chi connectivity index (χ2v) is 18.8. The van der Waals surface area contributed by atoms with Crippen LogP contribution in [-0.4, -0.2) is 5.43 Å². The van der Waals surface area contributed by atoms with E-state index in [-0.39, 0.29) is 5.43 Å². The second-order valence-electron chi connectivity index (χ2n) is 8.61. The molecule has 2 aliphatic carbocycles.